The van der Waals surface area contributed by atoms with Crippen LogP contribution in [0.4, 0.5) is 4.79 Å². The summed E-state index contributed by atoms with van der Waals surface area (Å²) in [5.41, 5.74) is 0. The highest BCUT2D eigenvalue weighted by Crippen LogP contribution is 2.34. The third-order valence-corrected chi connectivity index (χ3v) is 4.53. The molecule has 3 amide bonds. The third kappa shape index (κ3) is 1.75. The van der Waals surface area contributed by atoms with E-state index in [9.17, 15) is 9.59 Å². The first kappa shape index (κ1) is 10.2. The maximum Gasteiger partial charge on any atom is 0.321 e. The highest BCUT2D eigenvalue weighted by Gasteiger charge is 2.42. The first-order chi connectivity index (χ1) is 6.58. The Labute approximate surface area is 94.9 Å². The van der Waals surface area contributed by atoms with E-state index in [1.54, 1.807) is 0 Å². The fraction of sp³-hybridized carbons (Fsp3) is 0.750. The minimum Gasteiger partial charge on any atom is -0.334 e. The van der Waals surface area contributed by atoms with Crippen LogP contribution in [-0.4, -0.2) is 28.2 Å². The van der Waals surface area contributed by atoms with E-state index in [1.807, 2.05) is 0 Å². The van der Waals surface area contributed by atoms with Crippen LogP contribution in [0.1, 0.15) is 12.8 Å². The normalized spacial score (nSPS) is 42.4. The summed E-state index contributed by atoms with van der Waals surface area (Å²) in [6.45, 7) is 0. The van der Waals surface area contributed by atoms with Crippen molar-refractivity contribution >= 4 is 39.5 Å². The van der Waals surface area contributed by atoms with E-state index < -0.39 is 6.03 Å². The minimum absolute atomic E-state index is 0.0444. The van der Waals surface area contributed by atoms with Crippen LogP contribution in [0.2, 0.25) is 0 Å². The van der Waals surface area contributed by atoms with Gasteiger partial charge in [-0.2, -0.15) is 0 Å². The Morgan fingerprint density at radius 2 is 2.07 bits per heavy atom. The SMILES string of the molecule is O=C1NC(=O)C2CC(Cl)C(Br)CC2N1. The average molecular weight is 282 g/mol. The largest absolute Gasteiger partial charge is 0.334 e. The van der Waals surface area contributed by atoms with Crippen molar-refractivity contribution in [1.82, 2.24) is 10.6 Å². The number of fused-ring (bicyclic) bond motifs is 1. The maximum atomic E-state index is 11.4. The molecular formula is C8H10BrClN2O2. The van der Waals surface area contributed by atoms with Gasteiger partial charge in [0.1, 0.15) is 0 Å². The van der Waals surface area contributed by atoms with Gasteiger partial charge in [0, 0.05) is 16.2 Å². The average Bonchev–Trinajstić information content (AvgIpc) is 2.08. The van der Waals surface area contributed by atoms with Crippen molar-refractivity contribution in [2.75, 3.05) is 0 Å². The van der Waals surface area contributed by atoms with Gasteiger partial charge in [-0.25, -0.2) is 4.79 Å². The second-order valence-corrected chi connectivity index (χ2v) is 5.42. The van der Waals surface area contributed by atoms with Crippen molar-refractivity contribution in [3.8, 4) is 0 Å². The number of alkyl halides is 2. The van der Waals surface area contributed by atoms with E-state index in [-0.39, 0.29) is 28.1 Å². The van der Waals surface area contributed by atoms with Gasteiger partial charge in [0.15, 0.2) is 0 Å². The Balaban J connectivity index is 2.13. The van der Waals surface area contributed by atoms with Gasteiger partial charge in [0.2, 0.25) is 5.91 Å². The first-order valence-electron chi connectivity index (χ1n) is 4.47. The molecule has 4 nitrogen and oxygen atoms in total. The van der Waals surface area contributed by atoms with Gasteiger partial charge in [-0.15, -0.1) is 11.6 Å². The minimum atomic E-state index is -0.399. The topological polar surface area (TPSA) is 58.2 Å². The lowest BCUT2D eigenvalue weighted by Crippen LogP contribution is -2.61. The molecule has 2 rings (SSSR count). The summed E-state index contributed by atoms with van der Waals surface area (Å²) >= 11 is 9.49. The highest BCUT2D eigenvalue weighted by molar-refractivity contribution is 9.09. The maximum absolute atomic E-state index is 11.4. The van der Waals surface area contributed by atoms with Crippen molar-refractivity contribution in [3.05, 3.63) is 0 Å². The van der Waals surface area contributed by atoms with Crippen LogP contribution in [0, 0.1) is 5.92 Å². The molecule has 1 aliphatic heterocycles. The van der Waals surface area contributed by atoms with Crippen LogP contribution in [0.25, 0.3) is 0 Å². The number of hydrogen-bond donors (Lipinski definition) is 2. The molecule has 1 saturated heterocycles. The molecule has 1 heterocycles. The number of rotatable bonds is 0. The number of imide groups is 1. The van der Waals surface area contributed by atoms with Crippen molar-refractivity contribution in [3.63, 3.8) is 0 Å². The molecule has 6 heteroatoms. The zero-order chi connectivity index (χ0) is 10.3. The lowest BCUT2D eigenvalue weighted by atomic mass is 9.82. The second-order valence-electron chi connectivity index (χ2n) is 3.68. The summed E-state index contributed by atoms with van der Waals surface area (Å²) in [4.78, 5) is 22.6. The summed E-state index contributed by atoms with van der Waals surface area (Å²) in [6, 6.07) is -0.473. The zero-order valence-electron chi connectivity index (χ0n) is 7.30. The zero-order valence-corrected chi connectivity index (χ0v) is 9.64. The van der Waals surface area contributed by atoms with E-state index in [0.717, 1.165) is 0 Å². The summed E-state index contributed by atoms with van der Waals surface area (Å²) in [6.07, 6.45) is 1.31. The Kier molecular flexibility index (Phi) is 2.70. The van der Waals surface area contributed by atoms with Gasteiger partial charge in [-0.05, 0) is 12.8 Å². The Bertz CT molecular complexity index is 287. The van der Waals surface area contributed by atoms with Crippen LogP contribution in [0.5, 0.6) is 0 Å². The van der Waals surface area contributed by atoms with Crippen LogP contribution in [0.3, 0.4) is 0 Å². The Morgan fingerprint density at radius 1 is 1.36 bits per heavy atom. The van der Waals surface area contributed by atoms with Gasteiger partial charge < -0.3 is 5.32 Å². The number of hydrogen-bond acceptors (Lipinski definition) is 2. The molecular weight excluding hydrogens is 271 g/mol. The van der Waals surface area contributed by atoms with Gasteiger partial charge in [-0.3, -0.25) is 10.1 Å². The van der Waals surface area contributed by atoms with E-state index in [0.29, 0.717) is 12.8 Å². The molecule has 1 aliphatic carbocycles. The molecule has 2 aliphatic rings. The molecule has 2 fully saturated rings. The van der Waals surface area contributed by atoms with E-state index in [4.69, 9.17) is 11.6 Å². The molecule has 78 valence electrons. The van der Waals surface area contributed by atoms with Crippen LogP contribution < -0.4 is 10.6 Å². The second kappa shape index (κ2) is 3.70. The number of amides is 3. The number of halogens is 2. The highest BCUT2D eigenvalue weighted by atomic mass is 79.9. The standard InChI is InChI=1S/C8H10BrClN2O2/c9-4-2-6-3(1-5(4)10)7(13)12-8(14)11-6/h3-6H,1-2H2,(H2,11,12,13,14). The Hall–Kier alpha value is -0.290. The quantitative estimate of drug-likeness (QED) is 0.650. The molecule has 0 bridgehead atoms. The van der Waals surface area contributed by atoms with Crippen LogP contribution >= 0.6 is 27.5 Å². The molecule has 14 heavy (non-hydrogen) atoms. The molecule has 1 saturated carbocycles. The van der Waals surface area contributed by atoms with Gasteiger partial charge >= 0.3 is 6.03 Å². The lowest BCUT2D eigenvalue weighted by molar-refractivity contribution is -0.126. The monoisotopic (exact) mass is 280 g/mol. The number of urea groups is 1. The number of carbonyl (C=O) groups excluding carboxylic acids is 2. The molecule has 0 radical (unpaired) electrons. The van der Waals surface area contributed by atoms with Gasteiger partial charge in [0.05, 0.1) is 5.92 Å². The first-order valence-corrected chi connectivity index (χ1v) is 5.82. The summed E-state index contributed by atoms with van der Waals surface area (Å²) < 4.78 is 0. The van der Waals surface area contributed by atoms with Crippen LogP contribution in [0.15, 0.2) is 0 Å². The fourth-order valence-electron chi connectivity index (χ4n) is 1.97. The summed E-state index contributed by atoms with van der Waals surface area (Å²) in [7, 11) is 0. The third-order valence-electron chi connectivity index (χ3n) is 2.73. The summed E-state index contributed by atoms with van der Waals surface area (Å²) in [5, 5.41) is 4.95. The molecule has 0 aromatic heterocycles. The molecule has 4 unspecified atom stereocenters. The fourth-order valence-corrected chi connectivity index (χ4v) is 2.88. The molecule has 2 N–H and O–H groups in total. The molecule has 0 spiro atoms. The molecule has 0 aromatic carbocycles. The molecule has 4 atom stereocenters. The van der Waals surface area contributed by atoms with Crippen molar-refractivity contribution in [1.29, 1.82) is 0 Å². The predicted molar refractivity (Wildman–Crippen MR) is 55.5 cm³/mol. The van der Waals surface area contributed by atoms with Crippen molar-refractivity contribution < 1.29 is 9.59 Å². The Morgan fingerprint density at radius 3 is 2.79 bits per heavy atom. The summed E-state index contributed by atoms with van der Waals surface area (Å²) in [5.74, 6) is -0.382. The van der Waals surface area contributed by atoms with E-state index in [1.165, 1.54) is 0 Å². The van der Waals surface area contributed by atoms with Crippen molar-refractivity contribution in [2.45, 2.75) is 29.1 Å². The smallest absolute Gasteiger partial charge is 0.321 e. The number of carbonyl (C=O) groups is 2. The van der Waals surface area contributed by atoms with E-state index in [2.05, 4.69) is 26.6 Å². The lowest BCUT2D eigenvalue weighted by Gasteiger charge is -2.39. The molecule has 0 aromatic rings. The van der Waals surface area contributed by atoms with Crippen LogP contribution in [-0.2, 0) is 4.79 Å². The van der Waals surface area contributed by atoms with E-state index >= 15 is 0 Å². The van der Waals surface area contributed by atoms with Gasteiger partial charge in [0.25, 0.3) is 0 Å². The number of nitrogens with one attached hydrogen (secondary N) is 2. The van der Waals surface area contributed by atoms with Gasteiger partial charge in [-0.1, -0.05) is 15.9 Å². The predicted octanol–water partition coefficient (Wildman–Crippen LogP) is 0.975. The van der Waals surface area contributed by atoms with Crippen molar-refractivity contribution in [2.24, 2.45) is 5.92 Å².